The van der Waals surface area contributed by atoms with Crippen molar-refractivity contribution in [2.75, 3.05) is 12.3 Å². The van der Waals surface area contributed by atoms with Crippen LogP contribution in [-0.4, -0.2) is 28.9 Å². The molecule has 0 aliphatic heterocycles. The van der Waals surface area contributed by atoms with Crippen LogP contribution in [0.15, 0.2) is 10.5 Å². The number of anilines is 1. The van der Waals surface area contributed by atoms with Crippen molar-refractivity contribution >= 4 is 28.7 Å². The number of aliphatic carboxylic acids is 1. The molecule has 0 saturated carbocycles. The highest BCUT2D eigenvalue weighted by Crippen LogP contribution is 2.11. The number of rotatable bonds is 5. The van der Waals surface area contributed by atoms with E-state index < -0.39 is 5.97 Å². The molecule has 0 aromatic carbocycles. The number of nitrogens with two attached hydrogens (primary N) is 1. The first kappa shape index (κ1) is 10.5. The molecule has 0 aliphatic carbocycles. The summed E-state index contributed by atoms with van der Waals surface area (Å²) in [5.74, 6) is -1.14. The molecule has 3 N–H and O–H groups in total. The van der Waals surface area contributed by atoms with E-state index in [2.05, 4.69) is 15.0 Å². The molecule has 1 aromatic heterocycles. The van der Waals surface area contributed by atoms with E-state index in [1.807, 2.05) is 5.38 Å². The van der Waals surface area contributed by atoms with Crippen molar-refractivity contribution in [2.24, 2.45) is 5.16 Å². The first-order chi connectivity index (χ1) is 6.68. The Morgan fingerprint density at radius 1 is 1.86 bits per heavy atom. The Morgan fingerprint density at radius 3 is 3.21 bits per heavy atom. The van der Waals surface area contributed by atoms with Gasteiger partial charge < -0.3 is 15.7 Å². The van der Waals surface area contributed by atoms with E-state index in [4.69, 9.17) is 10.8 Å². The Hall–Kier alpha value is -1.63. The van der Waals surface area contributed by atoms with Crippen LogP contribution in [0.25, 0.3) is 0 Å². The van der Waals surface area contributed by atoms with Gasteiger partial charge in [0.2, 0.25) is 0 Å². The Balaban J connectivity index is 2.19. The van der Waals surface area contributed by atoms with Gasteiger partial charge in [0, 0.05) is 11.8 Å². The van der Waals surface area contributed by atoms with E-state index in [1.54, 1.807) is 0 Å². The van der Waals surface area contributed by atoms with Gasteiger partial charge in [0.25, 0.3) is 0 Å². The molecular formula is C7H9N3O3S. The van der Waals surface area contributed by atoms with Crippen molar-refractivity contribution in [3.05, 3.63) is 11.1 Å². The average molecular weight is 215 g/mol. The summed E-state index contributed by atoms with van der Waals surface area (Å²) < 4.78 is 0. The molecule has 1 aromatic rings. The van der Waals surface area contributed by atoms with Crippen molar-refractivity contribution in [3.8, 4) is 0 Å². The molecule has 14 heavy (non-hydrogen) atoms. The Kier molecular flexibility index (Phi) is 3.86. The predicted octanol–water partition coefficient (Wildman–Crippen LogP) is 0.355. The molecule has 0 spiro atoms. The second-order valence-electron chi connectivity index (χ2n) is 2.33. The number of aromatic nitrogens is 1. The number of carboxylic acid groups (broad SMARTS) is 1. The van der Waals surface area contributed by atoms with Crippen molar-refractivity contribution in [3.63, 3.8) is 0 Å². The van der Waals surface area contributed by atoms with Crippen LogP contribution in [0, 0.1) is 0 Å². The summed E-state index contributed by atoms with van der Waals surface area (Å²) in [5.41, 5.74) is 6.23. The third-order valence-electron chi connectivity index (χ3n) is 1.26. The van der Waals surface area contributed by atoms with Gasteiger partial charge in [0.05, 0.1) is 5.69 Å². The van der Waals surface area contributed by atoms with Crippen LogP contribution in [0.2, 0.25) is 0 Å². The van der Waals surface area contributed by atoms with Crippen LogP contribution in [0.1, 0.15) is 5.69 Å². The highest BCUT2D eigenvalue weighted by Gasteiger charge is 1.98. The fraction of sp³-hybridized carbons (Fsp3) is 0.286. The van der Waals surface area contributed by atoms with Gasteiger partial charge in [-0.15, -0.1) is 11.3 Å². The number of hydrogen-bond donors (Lipinski definition) is 2. The maximum absolute atomic E-state index is 9.98. The van der Waals surface area contributed by atoms with Crippen LogP contribution in [0.5, 0.6) is 0 Å². The molecule has 0 bridgehead atoms. The summed E-state index contributed by atoms with van der Waals surface area (Å²) in [7, 11) is 0. The second-order valence-corrected chi connectivity index (χ2v) is 3.22. The van der Waals surface area contributed by atoms with Crippen LogP contribution in [0.4, 0.5) is 5.13 Å². The van der Waals surface area contributed by atoms with E-state index in [9.17, 15) is 4.79 Å². The molecule has 7 heteroatoms. The SMILES string of the molecule is Nc1nc(CCON=CC(=O)O)cs1. The fourth-order valence-electron chi connectivity index (χ4n) is 0.723. The average Bonchev–Trinajstić information content (AvgIpc) is 2.50. The number of oxime groups is 1. The van der Waals surface area contributed by atoms with Crippen molar-refractivity contribution < 1.29 is 14.7 Å². The second kappa shape index (κ2) is 5.18. The third kappa shape index (κ3) is 3.85. The summed E-state index contributed by atoms with van der Waals surface area (Å²) in [6, 6.07) is 0. The van der Waals surface area contributed by atoms with Gasteiger partial charge >= 0.3 is 5.97 Å². The zero-order valence-corrected chi connectivity index (χ0v) is 8.03. The van der Waals surface area contributed by atoms with Crippen LogP contribution in [0.3, 0.4) is 0 Å². The molecule has 0 atom stereocenters. The molecule has 1 heterocycles. The number of nitrogens with zero attached hydrogens (tertiary/aromatic N) is 2. The molecule has 0 amide bonds. The summed E-state index contributed by atoms with van der Waals surface area (Å²) >= 11 is 1.35. The molecule has 1 rings (SSSR count). The first-order valence-electron chi connectivity index (χ1n) is 3.76. The van der Waals surface area contributed by atoms with Crippen molar-refractivity contribution in [2.45, 2.75) is 6.42 Å². The van der Waals surface area contributed by atoms with E-state index in [0.717, 1.165) is 5.69 Å². The largest absolute Gasteiger partial charge is 0.477 e. The number of nitrogen functional groups attached to an aromatic ring is 1. The zero-order valence-electron chi connectivity index (χ0n) is 7.21. The van der Waals surface area contributed by atoms with Crippen LogP contribution in [-0.2, 0) is 16.1 Å². The lowest BCUT2D eigenvalue weighted by molar-refractivity contribution is -0.129. The monoisotopic (exact) mass is 215 g/mol. The minimum atomic E-state index is -1.14. The highest BCUT2D eigenvalue weighted by atomic mass is 32.1. The van der Waals surface area contributed by atoms with Gasteiger partial charge in [0.1, 0.15) is 6.61 Å². The summed E-state index contributed by atoms with van der Waals surface area (Å²) in [6.07, 6.45) is 1.25. The Labute approximate surface area is 84.0 Å². The number of carbonyl (C=O) groups is 1. The molecular weight excluding hydrogens is 206 g/mol. The summed E-state index contributed by atoms with van der Waals surface area (Å²) in [5, 5.41) is 13.7. The van der Waals surface area contributed by atoms with Crippen LogP contribution >= 0.6 is 11.3 Å². The quantitative estimate of drug-likeness (QED) is 0.419. The summed E-state index contributed by atoms with van der Waals surface area (Å²) in [6.45, 7) is 0.285. The van der Waals surface area contributed by atoms with E-state index in [-0.39, 0.29) is 6.61 Å². The smallest absolute Gasteiger partial charge is 0.350 e. The minimum Gasteiger partial charge on any atom is -0.477 e. The molecule has 6 nitrogen and oxygen atoms in total. The highest BCUT2D eigenvalue weighted by molar-refractivity contribution is 7.13. The molecule has 0 aliphatic rings. The maximum atomic E-state index is 9.98. The van der Waals surface area contributed by atoms with Crippen molar-refractivity contribution in [1.82, 2.24) is 4.98 Å². The number of thiazole rings is 1. The van der Waals surface area contributed by atoms with E-state index >= 15 is 0 Å². The Morgan fingerprint density at radius 2 is 2.64 bits per heavy atom. The van der Waals surface area contributed by atoms with Gasteiger partial charge in [-0.3, -0.25) is 0 Å². The lowest BCUT2D eigenvalue weighted by atomic mass is 10.4. The molecule has 76 valence electrons. The number of hydrogen-bond acceptors (Lipinski definition) is 6. The van der Waals surface area contributed by atoms with Gasteiger partial charge in [0.15, 0.2) is 11.3 Å². The number of carboxylic acids is 1. The van der Waals surface area contributed by atoms with E-state index in [0.29, 0.717) is 17.8 Å². The molecule has 0 unspecified atom stereocenters. The van der Waals surface area contributed by atoms with Crippen LogP contribution < -0.4 is 5.73 Å². The van der Waals surface area contributed by atoms with Gasteiger partial charge in [-0.1, -0.05) is 5.16 Å². The lowest BCUT2D eigenvalue weighted by Gasteiger charge is -1.94. The van der Waals surface area contributed by atoms with Gasteiger partial charge in [-0.05, 0) is 0 Å². The Bertz CT molecular complexity index is 337. The standard InChI is InChI=1S/C7H9N3O3S/c8-7-10-5(4-14-7)1-2-13-9-3-6(11)12/h3-4H,1-2H2,(H2,8,10)(H,11,12). The third-order valence-corrected chi connectivity index (χ3v) is 1.98. The minimum absolute atomic E-state index is 0.285. The fourth-order valence-corrected chi connectivity index (χ4v) is 1.32. The first-order valence-corrected chi connectivity index (χ1v) is 4.64. The normalized spacial score (nSPS) is 10.6. The molecule has 0 saturated heterocycles. The maximum Gasteiger partial charge on any atom is 0.350 e. The predicted molar refractivity (Wildman–Crippen MR) is 52.3 cm³/mol. The van der Waals surface area contributed by atoms with E-state index in [1.165, 1.54) is 11.3 Å². The molecule has 0 radical (unpaired) electrons. The lowest BCUT2D eigenvalue weighted by Crippen LogP contribution is -1.99. The van der Waals surface area contributed by atoms with Crippen molar-refractivity contribution in [1.29, 1.82) is 0 Å². The summed E-state index contributed by atoms with van der Waals surface area (Å²) in [4.78, 5) is 18.6. The van der Waals surface area contributed by atoms with Gasteiger partial charge in [-0.25, -0.2) is 9.78 Å². The zero-order chi connectivity index (χ0) is 10.4. The van der Waals surface area contributed by atoms with Gasteiger partial charge in [-0.2, -0.15) is 0 Å². The molecule has 0 fully saturated rings. The topological polar surface area (TPSA) is 97.8 Å².